The molecule has 0 spiro atoms. The fourth-order valence-electron chi connectivity index (χ4n) is 5.45. The maximum atomic E-state index is 12.8. The number of hydrogen-bond acceptors (Lipinski definition) is 9. The summed E-state index contributed by atoms with van der Waals surface area (Å²) in [5.74, 6) is -0.715. The van der Waals surface area contributed by atoms with Gasteiger partial charge in [0.25, 0.3) is 0 Å². The fraction of sp³-hybridized carbons (Fsp3) is 0.688. The van der Waals surface area contributed by atoms with E-state index in [9.17, 15) is 9.59 Å². The molecular weight excluding hydrogens is 528 g/mol. The van der Waals surface area contributed by atoms with Gasteiger partial charge in [-0.15, -0.1) is 0 Å². The van der Waals surface area contributed by atoms with Crippen LogP contribution >= 0.6 is 0 Å². The van der Waals surface area contributed by atoms with Gasteiger partial charge in [0.2, 0.25) is 0 Å². The first kappa shape index (κ1) is 33.0. The molecule has 0 amide bonds. The molecule has 1 aromatic carbocycles. The first-order valence-corrected chi connectivity index (χ1v) is 14.9. The quantitative estimate of drug-likeness (QED) is 0.0817. The predicted octanol–water partition coefficient (Wildman–Crippen LogP) is 5.18. The third-order valence-corrected chi connectivity index (χ3v) is 7.59. The Labute approximate surface area is 244 Å². The van der Waals surface area contributed by atoms with Crippen LogP contribution in [-0.2, 0) is 39.7 Å². The van der Waals surface area contributed by atoms with E-state index in [0.29, 0.717) is 45.4 Å². The minimum absolute atomic E-state index is 0.0403. The van der Waals surface area contributed by atoms with E-state index in [1.165, 1.54) is 5.57 Å². The average Bonchev–Trinajstić information content (AvgIpc) is 2.93. The third kappa shape index (κ3) is 10.1. The zero-order chi connectivity index (χ0) is 29.7. The smallest absolute Gasteiger partial charge is 0.422 e. The van der Waals surface area contributed by atoms with E-state index in [1.54, 1.807) is 7.11 Å². The maximum absolute atomic E-state index is 12.8. The molecule has 1 aliphatic heterocycles. The van der Waals surface area contributed by atoms with Gasteiger partial charge in [-0.25, -0.2) is 9.59 Å². The molecule has 1 heterocycles. The average molecular weight is 577 g/mol. The van der Waals surface area contributed by atoms with Crippen molar-refractivity contribution in [2.24, 2.45) is 5.92 Å². The lowest BCUT2D eigenvalue weighted by Crippen LogP contribution is -2.45. The molecule has 3 rings (SSSR count). The zero-order valence-electron chi connectivity index (χ0n) is 25.5. The van der Waals surface area contributed by atoms with Crippen molar-refractivity contribution in [1.29, 1.82) is 0 Å². The summed E-state index contributed by atoms with van der Waals surface area (Å²) in [6.07, 6.45) is 8.33. The molecule has 1 unspecified atom stereocenters. The van der Waals surface area contributed by atoms with Crippen LogP contribution in [0, 0.1) is 5.92 Å². The molecule has 0 aromatic heterocycles. The van der Waals surface area contributed by atoms with Gasteiger partial charge in [-0.1, -0.05) is 31.4 Å². The van der Waals surface area contributed by atoms with Gasteiger partial charge in [-0.05, 0) is 64.2 Å². The number of benzene rings is 1. The minimum atomic E-state index is -1.05. The minimum Gasteiger partial charge on any atom is -0.487 e. The Morgan fingerprint density at radius 1 is 0.927 bits per heavy atom. The highest BCUT2D eigenvalue weighted by molar-refractivity contribution is 6.30. The number of aryl methyl sites for hydroxylation is 1. The number of rotatable bonds is 17. The molecule has 1 aliphatic carbocycles. The fourth-order valence-corrected chi connectivity index (χ4v) is 5.45. The van der Waals surface area contributed by atoms with Crippen molar-refractivity contribution in [3.8, 4) is 11.5 Å². The maximum Gasteiger partial charge on any atom is 0.422 e. The van der Waals surface area contributed by atoms with Gasteiger partial charge in [0.05, 0.1) is 46.2 Å². The van der Waals surface area contributed by atoms with E-state index in [2.05, 4.69) is 39.8 Å². The van der Waals surface area contributed by atoms with Crippen molar-refractivity contribution in [2.75, 3.05) is 60.0 Å². The van der Waals surface area contributed by atoms with E-state index >= 15 is 0 Å². The van der Waals surface area contributed by atoms with Crippen molar-refractivity contribution in [3.05, 3.63) is 34.9 Å². The Bertz CT molecular complexity index is 1020. The lowest BCUT2D eigenvalue weighted by Gasteiger charge is -2.46. The summed E-state index contributed by atoms with van der Waals surface area (Å²) in [4.78, 5) is 25.3. The molecule has 9 nitrogen and oxygen atoms in total. The zero-order valence-corrected chi connectivity index (χ0v) is 25.5. The first-order valence-electron chi connectivity index (χ1n) is 14.9. The summed E-state index contributed by atoms with van der Waals surface area (Å²) in [5.41, 5.74) is 2.80. The van der Waals surface area contributed by atoms with E-state index in [1.807, 2.05) is 6.07 Å². The largest absolute Gasteiger partial charge is 0.487 e. The van der Waals surface area contributed by atoms with Gasteiger partial charge in [0.1, 0.15) is 23.7 Å². The molecule has 0 saturated carbocycles. The van der Waals surface area contributed by atoms with Gasteiger partial charge in [0.15, 0.2) is 0 Å². The van der Waals surface area contributed by atoms with E-state index < -0.39 is 11.9 Å². The molecule has 0 N–H and O–H groups in total. The second kappa shape index (κ2) is 16.9. The van der Waals surface area contributed by atoms with E-state index in [-0.39, 0.29) is 30.7 Å². The van der Waals surface area contributed by atoms with Crippen molar-refractivity contribution in [3.63, 3.8) is 0 Å². The lowest BCUT2D eigenvalue weighted by atomic mass is 9.68. The van der Waals surface area contributed by atoms with E-state index in [0.717, 1.165) is 55.4 Å². The Balaban J connectivity index is 1.56. The highest BCUT2D eigenvalue weighted by Crippen LogP contribution is 2.53. The second-order valence-corrected chi connectivity index (χ2v) is 11.2. The van der Waals surface area contributed by atoms with Crippen LogP contribution in [-0.4, -0.2) is 77.5 Å². The summed E-state index contributed by atoms with van der Waals surface area (Å²) in [5, 5.41) is 0. The third-order valence-electron chi connectivity index (χ3n) is 7.59. The molecule has 2 atom stereocenters. The molecule has 0 fully saturated rings. The predicted molar refractivity (Wildman–Crippen MR) is 155 cm³/mol. The monoisotopic (exact) mass is 576 g/mol. The summed E-state index contributed by atoms with van der Waals surface area (Å²) in [6, 6.07) is 3.97. The molecule has 0 bridgehead atoms. The van der Waals surface area contributed by atoms with Crippen molar-refractivity contribution in [1.82, 2.24) is 0 Å². The van der Waals surface area contributed by atoms with Gasteiger partial charge >= 0.3 is 11.9 Å². The van der Waals surface area contributed by atoms with Crippen LogP contribution in [0.3, 0.4) is 0 Å². The lowest BCUT2D eigenvalue weighted by molar-refractivity contribution is -0.163. The first-order chi connectivity index (χ1) is 19.8. The van der Waals surface area contributed by atoms with Gasteiger partial charge in [-0.2, -0.15) is 0 Å². The second-order valence-electron chi connectivity index (χ2n) is 11.2. The number of carbonyl (C=O) groups excluding carboxylic acids is 2. The van der Waals surface area contributed by atoms with Crippen LogP contribution in [0.1, 0.15) is 76.8 Å². The van der Waals surface area contributed by atoms with Crippen LogP contribution in [0.15, 0.2) is 23.8 Å². The Kier molecular flexibility index (Phi) is 13.6. The summed E-state index contributed by atoms with van der Waals surface area (Å²) in [7, 11) is 1.62. The molecule has 0 radical (unpaired) electrons. The number of allylic oxidation sites excluding steroid dienone is 2. The molecule has 2 aliphatic rings. The highest BCUT2D eigenvalue weighted by atomic mass is 16.6. The standard InChI is InChI=1S/C32H48O9/c1-6-7-8-9-24-21-27(29-25-20-23(2)10-11-26(25)32(3,4)41-28(29)22-24)40-31(34)30(33)39-19-18-38-17-16-37-15-14-36-13-12-35-5/h20-22,25-26H,6-19H2,1-5H3/t25-,26?/m1/s1. The summed E-state index contributed by atoms with van der Waals surface area (Å²) in [6.45, 7) is 11.4. The molecule has 1 aromatic rings. The van der Waals surface area contributed by atoms with Crippen molar-refractivity contribution in [2.45, 2.75) is 77.7 Å². The van der Waals surface area contributed by atoms with Crippen LogP contribution in [0.2, 0.25) is 0 Å². The number of fused-ring (bicyclic) bond motifs is 3. The summed E-state index contributed by atoms with van der Waals surface area (Å²) < 4.78 is 38.4. The Hall–Kier alpha value is -2.46. The number of unbranched alkanes of at least 4 members (excludes halogenated alkanes) is 2. The molecule has 9 heteroatoms. The molecule has 41 heavy (non-hydrogen) atoms. The van der Waals surface area contributed by atoms with Gasteiger partial charge in [0, 0.05) is 24.5 Å². The van der Waals surface area contributed by atoms with Gasteiger partial charge in [-0.3, -0.25) is 0 Å². The Morgan fingerprint density at radius 3 is 2.24 bits per heavy atom. The highest BCUT2D eigenvalue weighted by Gasteiger charge is 2.45. The van der Waals surface area contributed by atoms with Gasteiger partial charge < -0.3 is 33.2 Å². The van der Waals surface area contributed by atoms with Crippen molar-refractivity contribution >= 4 is 11.9 Å². The SMILES string of the molecule is CCCCCc1cc(OC(=O)C(=O)OCCOCCOCCOCCOC)c2c(c1)OC(C)(C)C1CCC(C)=C[C@@H]21. The number of ether oxygens (including phenoxy) is 7. The molecule has 230 valence electrons. The number of hydrogen-bond donors (Lipinski definition) is 0. The Morgan fingerprint density at radius 2 is 1.59 bits per heavy atom. The van der Waals surface area contributed by atoms with Crippen LogP contribution in [0.5, 0.6) is 11.5 Å². The van der Waals surface area contributed by atoms with Crippen LogP contribution in [0.25, 0.3) is 0 Å². The van der Waals surface area contributed by atoms with Crippen molar-refractivity contribution < 1.29 is 42.7 Å². The van der Waals surface area contributed by atoms with Crippen LogP contribution in [0.4, 0.5) is 0 Å². The topological polar surface area (TPSA) is 98.8 Å². The number of carbonyl (C=O) groups is 2. The molecular formula is C32H48O9. The van der Waals surface area contributed by atoms with E-state index in [4.69, 9.17) is 33.2 Å². The van der Waals surface area contributed by atoms with Crippen LogP contribution < -0.4 is 9.47 Å². The number of esters is 2. The molecule has 0 saturated heterocycles. The normalized spacial score (nSPS) is 19.0. The number of methoxy groups -OCH3 is 1. The summed E-state index contributed by atoms with van der Waals surface area (Å²) >= 11 is 0.